The zero-order valence-electron chi connectivity index (χ0n) is 16.7. The van der Waals surface area contributed by atoms with Crippen molar-refractivity contribution in [1.82, 2.24) is 14.7 Å². The molecular weight excluding hydrogens is 388 g/mol. The van der Waals surface area contributed by atoms with Crippen LogP contribution in [0.25, 0.3) is 5.69 Å². The van der Waals surface area contributed by atoms with E-state index in [9.17, 15) is 13.2 Å². The number of anilines is 1. The number of benzene rings is 2. The van der Waals surface area contributed by atoms with Gasteiger partial charge in [-0.05, 0) is 48.4 Å². The van der Waals surface area contributed by atoms with E-state index in [1.807, 2.05) is 49.5 Å². The number of hydrogen-bond acceptors (Lipinski definition) is 4. The van der Waals surface area contributed by atoms with E-state index in [0.29, 0.717) is 12.2 Å². The van der Waals surface area contributed by atoms with Gasteiger partial charge in [-0.3, -0.25) is 9.10 Å². The molecule has 1 heterocycles. The zero-order chi connectivity index (χ0) is 21.0. The molecule has 0 spiro atoms. The summed E-state index contributed by atoms with van der Waals surface area (Å²) in [6.45, 7) is 1.99. The van der Waals surface area contributed by atoms with Crippen LogP contribution in [0.5, 0.6) is 0 Å². The van der Waals surface area contributed by atoms with Gasteiger partial charge in [0.1, 0.15) is 6.54 Å². The van der Waals surface area contributed by atoms with Gasteiger partial charge in [-0.15, -0.1) is 0 Å². The van der Waals surface area contributed by atoms with Crippen molar-refractivity contribution in [3.05, 3.63) is 78.1 Å². The van der Waals surface area contributed by atoms with Gasteiger partial charge in [0.15, 0.2) is 0 Å². The topological polar surface area (TPSA) is 75.5 Å². The average molecular weight is 413 g/mol. The molecule has 0 bridgehead atoms. The van der Waals surface area contributed by atoms with Crippen LogP contribution in [-0.4, -0.2) is 48.9 Å². The van der Waals surface area contributed by atoms with Crippen LogP contribution in [0.15, 0.2) is 67.0 Å². The predicted octanol–water partition coefficient (Wildman–Crippen LogP) is 2.61. The minimum absolute atomic E-state index is 0.252. The van der Waals surface area contributed by atoms with Crippen molar-refractivity contribution in [2.45, 2.75) is 13.5 Å². The van der Waals surface area contributed by atoms with Crippen molar-refractivity contribution in [1.29, 1.82) is 0 Å². The number of rotatable bonds is 7. The zero-order valence-corrected chi connectivity index (χ0v) is 17.5. The Balaban J connectivity index is 1.75. The smallest absolute Gasteiger partial charge is 0.243 e. The highest BCUT2D eigenvalue weighted by atomic mass is 32.2. The largest absolute Gasteiger partial charge is 0.340 e. The van der Waals surface area contributed by atoms with Gasteiger partial charge in [-0.25, -0.2) is 13.1 Å². The van der Waals surface area contributed by atoms with E-state index in [4.69, 9.17) is 0 Å². The summed E-state index contributed by atoms with van der Waals surface area (Å²) in [5, 5.41) is 4.21. The molecule has 0 unspecified atom stereocenters. The first-order chi connectivity index (χ1) is 13.7. The van der Waals surface area contributed by atoms with Crippen molar-refractivity contribution in [3.8, 4) is 5.69 Å². The van der Waals surface area contributed by atoms with Crippen LogP contribution in [0.1, 0.15) is 11.1 Å². The second-order valence-electron chi connectivity index (χ2n) is 6.98. The fraction of sp³-hybridized carbons (Fsp3) is 0.238. The summed E-state index contributed by atoms with van der Waals surface area (Å²) in [5.41, 5.74) is 3.23. The SMILES string of the molecule is Cc1cccc(N(CC(=O)N(C)Cc2cccc(-n3cccn3)c2)S(C)(=O)=O)c1. The lowest BCUT2D eigenvalue weighted by Gasteiger charge is -2.25. The van der Waals surface area contributed by atoms with Gasteiger partial charge in [0.25, 0.3) is 0 Å². The van der Waals surface area contributed by atoms with Crippen LogP contribution in [0.3, 0.4) is 0 Å². The van der Waals surface area contributed by atoms with Gasteiger partial charge < -0.3 is 4.90 Å². The third-order valence-corrected chi connectivity index (χ3v) is 5.63. The normalized spacial score (nSPS) is 11.3. The minimum Gasteiger partial charge on any atom is -0.340 e. The third-order valence-electron chi connectivity index (χ3n) is 4.49. The first-order valence-corrected chi connectivity index (χ1v) is 11.0. The monoisotopic (exact) mass is 412 g/mol. The molecule has 0 N–H and O–H groups in total. The molecule has 0 aliphatic carbocycles. The fourth-order valence-corrected chi connectivity index (χ4v) is 3.85. The maximum absolute atomic E-state index is 12.8. The number of sulfonamides is 1. The molecule has 1 amide bonds. The van der Waals surface area contributed by atoms with Crippen LogP contribution < -0.4 is 4.31 Å². The summed E-state index contributed by atoms with van der Waals surface area (Å²) in [6.07, 6.45) is 4.66. The standard InChI is InChI=1S/C21H24N4O3S/c1-17-7-4-10-20(13-17)25(29(3,27)28)16-21(26)23(2)15-18-8-5-9-19(14-18)24-12-6-11-22-24/h4-14H,15-16H2,1-3H3. The van der Waals surface area contributed by atoms with Gasteiger partial charge in [0.2, 0.25) is 15.9 Å². The maximum atomic E-state index is 12.8. The molecule has 1 aromatic heterocycles. The third kappa shape index (κ3) is 5.23. The molecule has 2 aromatic carbocycles. The molecule has 3 aromatic rings. The van der Waals surface area contributed by atoms with Crippen molar-refractivity contribution in [2.24, 2.45) is 0 Å². The number of nitrogens with zero attached hydrogens (tertiary/aromatic N) is 4. The maximum Gasteiger partial charge on any atom is 0.243 e. The molecule has 152 valence electrons. The number of amides is 1. The van der Waals surface area contributed by atoms with Crippen molar-refractivity contribution in [3.63, 3.8) is 0 Å². The number of aromatic nitrogens is 2. The Bertz CT molecular complexity index is 1090. The number of carbonyl (C=O) groups excluding carboxylic acids is 1. The summed E-state index contributed by atoms with van der Waals surface area (Å²) in [7, 11) is -1.93. The Morgan fingerprint density at radius 2 is 1.86 bits per heavy atom. The fourth-order valence-electron chi connectivity index (χ4n) is 3.01. The summed E-state index contributed by atoms with van der Waals surface area (Å²) in [5.74, 6) is -0.290. The molecule has 0 fully saturated rings. The first-order valence-electron chi connectivity index (χ1n) is 9.11. The molecule has 0 radical (unpaired) electrons. The molecule has 0 aliphatic rings. The van der Waals surface area contributed by atoms with Crippen molar-refractivity contribution in [2.75, 3.05) is 24.2 Å². The van der Waals surface area contributed by atoms with Crippen LogP contribution >= 0.6 is 0 Å². The number of likely N-dealkylation sites (N-methyl/N-ethyl adjacent to an activating group) is 1. The lowest BCUT2D eigenvalue weighted by atomic mass is 10.2. The first kappa shape index (κ1) is 20.6. The number of carbonyl (C=O) groups is 1. The van der Waals surface area contributed by atoms with E-state index in [1.165, 1.54) is 4.90 Å². The molecule has 0 saturated carbocycles. The molecule has 0 aliphatic heterocycles. The average Bonchev–Trinajstić information content (AvgIpc) is 3.20. The van der Waals surface area contributed by atoms with Crippen LogP contribution in [-0.2, 0) is 21.4 Å². The van der Waals surface area contributed by atoms with Crippen molar-refractivity contribution >= 4 is 21.6 Å². The van der Waals surface area contributed by atoms with Crippen LogP contribution in [0, 0.1) is 6.92 Å². The minimum atomic E-state index is -3.60. The summed E-state index contributed by atoms with van der Waals surface area (Å²) in [6, 6.07) is 16.6. The highest BCUT2D eigenvalue weighted by Gasteiger charge is 2.23. The summed E-state index contributed by atoms with van der Waals surface area (Å²) in [4.78, 5) is 14.3. The molecule has 0 atom stereocenters. The molecular formula is C21H24N4O3S. The van der Waals surface area contributed by atoms with E-state index in [-0.39, 0.29) is 12.5 Å². The Morgan fingerprint density at radius 3 is 2.52 bits per heavy atom. The van der Waals surface area contributed by atoms with E-state index in [0.717, 1.165) is 27.4 Å². The van der Waals surface area contributed by atoms with Gasteiger partial charge in [0.05, 0.1) is 17.6 Å². The number of hydrogen-bond donors (Lipinski definition) is 0. The highest BCUT2D eigenvalue weighted by Crippen LogP contribution is 2.19. The molecule has 7 nitrogen and oxygen atoms in total. The molecule has 8 heteroatoms. The van der Waals surface area contributed by atoms with Gasteiger partial charge >= 0.3 is 0 Å². The molecule has 0 saturated heterocycles. The van der Waals surface area contributed by atoms with Crippen molar-refractivity contribution < 1.29 is 13.2 Å². The Morgan fingerprint density at radius 1 is 1.10 bits per heavy atom. The van der Waals surface area contributed by atoms with Gasteiger partial charge in [0, 0.05) is 26.0 Å². The lowest BCUT2D eigenvalue weighted by Crippen LogP contribution is -2.41. The Hall–Kier alpha value is -3.13. The van der Waals surface area contributed by atoms with Crippen LogP contribution in [0.4, 0.5) is 5.69 Å². The lowest BCUT2D eigenvalue weighted by molar-refractivity contribution is -0.128. The quantitative estimate of drug-likeness (QED) is 0.598. The van der Waals surface area contributed by atoms with E-state index in [2.05, 4.69) is 5.10 Å². The van der Waals surface area contributed by atoms with Crippen LogP contribution in [0.2, 0.25) is 0 Å². The second-order valence-corrected chi connectivity index (χ2v) is 8.89. The highest BCUT2D eigenvalue weighted by molar-refractivity contribution is 7.92. The second kappa shape index (κ2) is 8.48. The Kier molecular flexibility index (Phi) is 6.03. The number of aryl methyl sites for hydroxylation is 1. The summed E-state index contributed by atoms with van der Waals surface area (Å²) < 4.78 is 27.4. The van der Waals surface area contributed by atoms with E-state index >= 15 is 0 Å². The molecule has 29 heavy (non-hydrogen) atoms. The van der Waals surface area contributed by atoms with Gasteiger partial charge in [-0.1, -0.05) is 24.3 Å². The van der Waals surface area contributed by atoms with Gasteiger partial charge in [-0.2, -0.15) is 5.10 Å². The van der Waals surface area contributed by atoms with E-state index < -0.39 is 10.0 Å². The predicted molar refractivity (Wildman–Crippen MR) is 113 cm³/mol. The Labute approximate surface area is 171 Å². The van der Waals surface area contributed by atoms with E-state index in [1.54, 1.807) is 36.1 Å². The molecule has 3 rings (SSSR count). The summed E-state index contributed by atoms with van der Waals surface area (Å²) >= 11 is 0.